The first-order valence-corrected chi connectivity index (χ1v) is 11.3. The Bertz CT molecular complexity index is 1290. The minimum absolute atomic E-state index is 0.0299. The third-order valence-electron chi connectivity index (χ3n) is 6.02. The van der Waals surface area contributed by atoms with E-state index in [0.717, 1.165) is 4.90 Å². The smallest absolute Gasteiger partial charge is 0.325 e. The molecule has 3 aromatic carbocycles. The summed E-state index contributed by atoms with van der Waals surface area (Å²) in [5, 5.41) is 5.19. The van der Waals surface area contributed by atoms with Gasteiger partial charge in [-0.3, -0.25) is 9.59 Å². The number of amides is 4. The van der Waals surface area contributed by atoms with Crippen LogP contribution < -0.4 is 20.1 Å². The molecule has 1 saturated heterocycles. The number of hydrogen-bond donors (Lipinski definition) is 2. The van der Waals surface area contributed by atoms with Crippen LogP contribution in [0.2, 0.25) is 0 Å². The van der Waals surface area contributed by atoms with Crippen molar-refractivity contribution in [3.63, 3.8) is 0 Å². The van der Waals surface area contributed by atoms with E-state index in [0.29, 0.717) is 28.2 Å². The molecule has 0 radical (unpaired) electrons. The molecule has 1 fully saturated rings. The molecule has 4 rings (SSSR count). The molecule has 0 spiro atoms. The zero-order valence-corrected chi connectivity index (χ0v) is 20.1. The molecule has 186 valence electrons. The maximum atomic E-state index is 14.5. The highest BCUT2D eigenvalue weighted by atomic mass is 19.1. The fourth-order valence-electron chi connectivity index (χ4n) is 4.13. The Kier molecular flexibility index (Phi) is 7.19. The predicted molar refractivity (Wildman–Crippen MR) is 131 cm³/mol. The third kappa shape index (κ3) is 5.00. The molecular weight excluding hydrogens is 465 g/mol. The van der Waals surface area contributed by atoms with Crippen molar-refractivity contribution in [2.45, 2.75) is 25.4 Å². The number of hydrogen-bond acceptors (Lipinski definition) is 5. The first kappa shape index (κ1) is 24.7. The van der Waals surface area contributed by atoms with Crippen LogP contribution in [0.15, 0.2) is 66.7 Å². The monoisotopic (exact) mass is 491 g/mol. The molecule has 8 nitrogen and oxygen atoms in total. The number of aryl methyl sites for hydroxylation is 1. The van der Waals surface area contributed by atoms with Gasteiger partial charge in [-0.25, -0.2) is 14.1 Å². The first-order chi connectivity index (χ1) is 17.3. The summed E-state index contributed by atoms with van der Waals surface area (Å²) < 4.78 is 25.0. The topological polar surface area (TPSA) is 97.0 Å². The fourth-order valence-corrected chi connectivity index (χ4v) is 4.13. The highest BCUT2D eigenvalue weighted by molar-refractivity contribution is 6.09. The van der Waals surface area contributed by atoms with Gasteiger partial charge in [0, 0.05) is 6.42 Å². The number of imide groups is 1. The summed E-state index contributed by atoms with van der Waals surface area (Å²) in [5.74, 6) is -0.823. The molecule has 9 heteroatoms. The average molecular weight is 492 g/mol. The number of para-hydroxylation sites is 1. The van der Waals surface area contributed by atoms with Crippen molar-refractivity contribution < 1.29 is 28.2 Å². The molecule has 2 atom stereocenters. The predicted octanol–water partition coefficient (Wildman–Crippen LogP) is 3.99. The number of benzene rings is 3. The summed E-state index contributed by atoms with van der Waals surface area (Å²) in [4.78, 5) is 40.8. The van der Waals surface area contributed by atoms with Gasteiger partial charge in [0.15, 0.2) is 0 Å². The Hall–Kier alpha value is -4.40. The molecule has 2 N–H and O–H groups in total. The summed E-state index contributed by atoms with van der Waals surface area (Å²) in [5.41, 5.74) is 1.79. The third-order valence-corrected chi connectivity index (χ3v) is 6.02. The van der Waals surface area contributed by atoms with E-state index in [4.69, 9.17) is 9.47 Å². The normalized spacial score (nSPS) is 15.9. The number of rotatable bonds is 8. The van der Waals surface area contributed by atoms with Crippen molar-refractivity contribution in [2.24, 2.45) is 0 Å². The average Bonchev–Trinajstić information content (AvgIpc) is 3.17. The summed E-state index contributed by atoms with van der Waals surface area (Å²) in [6.07, 6.45) is -0.0299. The first-order valence-electron chi connectivity index (χ1n) is 11.3. The number of carbonyl (C=O) groups excluding carboxylic acids is 3. The lowest BCUT2D eigenvalue weighted by molar-refractivity contribution is -0.134. The number of halogens is 1. The Morgan fingerprint density at radius 1 is 1.06 bits per heavy atom. The SMILES string of the molecule is COc1ccc([C@H]2NC(=O)N([C@@H](Cc3ccccc3OC)C(=O)Nc3ccc(C)cc3F)C2=O)cc1. The zero-order valence-electron chi connectivity index (χ0n) is 20.1. The molecule has 4 amide bonds. The van der Waals surface area contributed by atoms with Crippen molar-refractivity contribution >= 4 is 23.5 Å². The molecule has 1 aliphatic heterocycles. The summed E-state index contributed by atoms with van der Waals surface area (Å²) in [7, 11) is 3.01. The van der Waals surface area contributed by atoms with E-state index in [2.05, 4.69) is 10.6 Å². The largest absolute Gasteiger partial charge is 0.497 e. The van der Waals surface area contributed by atoms with Crippen LogP contribution in [0.4, 0.5) is 14.9 Å². The van der Waals surface area contributed by atoms with Crippen LogP contribution in [0, 0.1) is 12.7 Å². The van der Waals surface area contributed by atoms with Gasteiger partial charge in [-0.1, -0.05) is 36.4 Å². The lowest BCUT2D eigenvalue weighted by Crippen LogP contribution is -2.49. The second kappa shape index (κ2) is 10.5. The van der Waals surface area contributed by atoms with E-state index in [1.54, 1.807) is 61.5 Å². The summed E-state index contributed by atoms with van der Waals surface area (Å²) >= 11 is 0. The Morgan fingerprint density at radius 2 is 1.78 bits per heavy atom. The Balaban J connectivity index is 1.67. The standard InChI is InChI=1S/C27H26FN3O5/c1-16-8-13-21(20(28)14-16)29-25(32)22(15-18-6-4-5-7-23(18)36-3)31-26(33)24(30-27(31)34)17-9-11-19(35-2)12-10-17/h4-14,22,24H,15H2,1-3H3,(H,29,32)(H,30,34)/t22-,24+/m0/s1. The van der Waals surface area contributed by atoms with Crippen molar-refractivity contribution in [1.29, 1.82) is 0 Å². The molecule has 1 heterocycles. The van der Waals surface area contributed by atoms with E-state index < -0.39 is 35.7 Å². The number of methoxy groups -OCH3 is 2. The van der Waals surface area contributed by atoms with E-state index in [-0.39, 0.29) is 12.1 Å². The van der Waals surface area contributed by atoms with Crippen LogP contribution in [-0.4, -0.2) is 43.0 Å². The van der Waals surface area contributed by atoms with Crippen molar-refractivity contribution in [1.82, 2.24) is 10.2 Å². The molecule has 0 bridgehead atoms. The van der Waals surface area contributed by atoms with Crippen LogP contribution in [-0.2, 0) is 16.0 Å². The number of nitrogens with one attached hydrogen (secondary N) is 2. The molecule has 0 saturated carbocycles. The highest BCUT2D eigenvalue weighted by Crippen LogP contribution is 2.29. The van der Waals surface area contributed by atoms with Gasteiger partial charge < -0.3 is 20.1 Å². The van der Waals surface area contributed by atoms with Crippen LogP contribution in [0.5, 0.6) is 11.5 Å². The van der Waals surface area contributed by atoms with Gasteiger partial charge >= 0.3 is 6.03 Å². The molecule has 0 aliphatic carbocycles. The van der Waals surface area contributed by atoms with Gasteiger partial charge in [-0.2, -0.15) is 0 Å². The van der Waals surface area contributed by atoms with Gasteiger partial charge in [-0.05, 0) is 53.9 Å². The van der Waals surface area contributed by atoms with Crippen molar-refractivity contribution in [2.75, 3.05) is 19.5 Å². The molecule has 36 heavy (non-hydrogen) atoms. The lowest BCUT2D eigenvalue weighted by atomic mass is 10.0. The lowest BCUT2D eigenvalue weighted by Gasteiger charge is -2.25. The van der Waals surface area contributed by atoms with Crippen LogP contribution in [0.3, 0.4) is 0 Å². The van der Waals surface area contributed by atoms with Crippen molar-refractivity contribution in [3.05, 3.63) is 89.2 Å². The number of ether oxygens (including phenoxy) is 2. The van der Waals surface area contributed by atoms with Crippen molar-refractivity contribution in [3.8, 4) is 11.5 Å². The van der Waals surface area contributed by atoms with Gasteiger partial charge in [-0.15, -0.1) is 0 Å². The van der Waals surface area contributed by atoms with Gasteiger partial charge in [0.2, 0.25) is 5.91 Å². The van der Waals surface area contributed by atoms with E-state index in [1.165, 1.54) is 26.4 Å². The highest BCUT2D eigenvalue weighted by Gasteiger charge is 2.45. The van der Waals surface area contributed by atoms with E-state index in [9.17, 15) is 18.8 Å². The van der Waals surface area contributed by atoms with Gasteiger partial charge in [0.25, 0.3) is 5.91 Å². The molecule has 3 aromatic rings. The second-order valence-electron chi connectivity index (χ2n) is 8.37. The molecule has 0 unspecified atom stereocenters. The molecule has 0 aromatic heterocycles. The Labute approximate surface area is 208 Å². The quantitative estimate of drug-likeness (QED) is 0.465. The number of urea groups is 1. The van der Waals surface area contributed by atoms with Crippen LogP contribution >= 0.6 is 0 Å². The van der Waals surface area contributed by atoms with Crippen LogP contribution in [0.25, 0.3) is 0 Å². The summed E-state index contributed by atoms with van der Waals surface area (Å²) in [6.45, 7) is 1.73. The van der Waals surface area contributed by atoms with E-state index in [1.807, 2.05) is 0 Å². The number of anilines is 1. The van der Waals surface area contributed by atoms with Gasteiger partial charge in [0.05, 0.1) is 19.9 Å². The Morgan fingerprint density at radius 3 is 2.44 bits per heavy atom. The minimum atomic E-state index is -1.27. The fraction of sp³-hybridized carbons (Fsp3) is 0.222. The second-order valence-corrected chi connectivity index (χ2v) is 8.37. The molecular formula is C27H26FN3O5. The maximum absolute atomic E-state index is 14.5. The minimum Gasteiger partial charge on any atom is -0.497 e. The number of nitrogens with zero attached hydrogens (tertiary/aromatic N) is 1. The van der Waals surface area contributed by atoms with E-state index >= 15 is 0 Å². The summed E-state index contributed by atoms with van der Waals surface area (Å²) in [6, 6.07) is 15.1. The zero-order chi connectivity index (χ0) is 25.8. The maximum Gasteiger partial charge on any atom is 0.325 e. The number of carbonyl (C=O) groups is 3. The molecule has 1 aliphatic rings. The van der Waals surface area contributed by atoms with Crippen LogP contribution in [0.1, 0.15) is 22.7 Å². The van der Waals surface area contributed by atoms with Gasteiger partial charge in [0.1, 0.15) is 29.4 Å².